The maximum absolute atomic E-state index is 12.6. The predicted octanol–water partition coefficient (Wildman–Crippen LogP) is 5.56. The van der Waals surface area contributed by atoms with Gasteiger partial charge in [0, 0.05) is 10.0 Å². The van der Waals surface area contributed by atoms with Crippen LogP contribution in [0.15, 0.2) is 42.1 Å². The van der Waals surface area contributed by atoms with Crippen LogP contribution >= 0.6 is 58.6 Å². The average molecular weight is 432 g/mol. The molecule has 0 saturated carbocycles. The number of carbonyl (C=O) groups is 1. The van der Waals surface area contributed by atoms with Crippen molar-refractivity contribution in [2.45, 2.75) is 6.54 Å². The van der Waals surface area contributed by atoms with Crippen LogP contribution in [0.25, 0.3) is 6.08 Å². The molecule has 0 aliphatic carbocycles. The Morgan fingerprint density at radius 1 is 1.00 bits per heavy atom. The van der Waals surface area contributed by atoms with E-state index in [4.69, 9.17) is 58.6 Å². The molecular formula is C17H10Cl4N2OS. The zero-order valence-electron chi connectivity index (χ0n) is 12.5. The highest BCUT2D eigenvalue weighted by molar-refractivity contribution is 7.80. The predicted molar refractivity (Wildman–Crippen MR) is 107 cm³/mol. The Balaban J connectivity index is 1.84. The van der Waals surface area contributed by atoms with Gasteiger partial charge in [0.1, 0.15) is 5.70 Å². The second-order valence-electron chi connectivity index (χ2n) is 5.29. The van der Waals surface area contributed by atoms with Crippen LogP contribution in [0.4, 0.5) is 0 Å². The maximum atomic E-state index is 12.6. The van der Waals surface area contributed by atoms with Crippen LogP contribution in [-0.4, -0.2) is 15.9 Å². The molecule has 1 amide bonds. The van der Waals surface area contributed by atoms with E-state index in [1.54, 1.807) is 42.5 Å². The van der Waals surface area contributed by atoms with Gasteiger partial charge >= 0.3 is 0 Å². The van der Waals surface area contributed by atoms with Crippen LogP contribution in [0.2, 0.25) is 20.1 Å². The first-order valence-corrected chi connectivity index (χ1v) is 9.00. The molecule has 2 aromatic carbocycles. The lowest BCUT2D eigenvalue weighted by Gasteiger charge is -2.15. The van der Waals surface area contributed by atoms with Crippen LogP contribution in [0.5, 0.6) is 0 Å². The molecular weight excluding hydrogens is 422 g/mol. The molecule has 1 aliphatic rings. The second kappa shape index (κ2) is 7.52. The summed E-state index contributed by atoms with van der Waals surface area (Å²) in [4.78, 5) is 14.1. The van der Waals surface area contributed by atoms with Crippen molar-refractivity contribution in [3.63, 3.8) is 0 Å². The number of hydrogen-bond acceptors (Lipinski definition) is 2. The van der Waals surface area contributed by atoms with Crippen LogP contribution in [0.1, 0.15) is 11.1 Å². The zero-order valence-corrected chi connectivity index (χ0v) is 16.4. The lowest BCUT2D eigenvalue weighted by atomic mass is 10.2. The Bertz CT molecular complexity index is 914. The first kappa shape index (κ1) is 18.5. The fraction of sp³-hybridized carbons (Fsp3) is 0.0588. The highest BCUT2D eigenvalue weighted by Gasteiger charge is 2.31. The Morgan fingerprint density at radius 2 is 1.76 bits per heavy atom. The van der Waals surface area contributed by atoms with Crippen molar-refractivity contribution < 1.29 is 4.79 Å². The number of carbonyl (C=O) groups excluding carboxylic acids is 1. The summed E-state index contributed by atoms with van der Waals surface area (Å²) in [5.41, 5.74) is 1.84. The molecule has 1 fully saturated rings. The highest BCUT2D eigenvalue weighted by Crippen LogP contribution is 2.26. The molecule has 3 rings (SSSR count). The van der Waals surface area contributed by atoms with Crippen molar-refractivity contribution in [3.8, 4) is 0 Å². The van der Waals surface area contributed by atoms with E-state index < -0.39 is 0 Å². The first-order valence-electron chi connectivity index (χ1n) is 7.08. The number of nitrogens with zero attached hydrogens (tertiary/aromatic N) is 1. The summed E-state index contributed by atoms with van der Waals surface area (Å²) in [7, 11) is 0. The minimum Gasteiger partial charge on any atom is -0.328 e. The third-order valence-electron chi connectivity index (χ3n) is 3.56. The highest BCUT2D eigenvalue weighted by atomic mass is 35.5. The average Bonchev–Trinajstić information content (AvgIpc) is 2.81. The van der Waals surface area contributed by atoms with Crippen LogP contribution < -0.4 is 5.32 Å². The molecule has 0 unspecified atom stereocenters. The largest absolute Gasteiger partial charge is 0.328 e. The molecule has 0 radical (unpaired) electrons. The minimum absolute atomic E-state index is 0.248. The van der Waals surface area contributed by atoms with E-state index in [9.17, 15) is 4.79 Å². The number of benzene rings is 2. The van der Waals surface area contributed by atoms with Gasteiger partial charge in [0.05, 0.1) is 16.6 Å². The minimum atomic E-state index is -0.248. The number of halogens is 4. The quantitative estimate of drug-likeness (QED) is 0.510. The molecule has 1 saturated heterocycles. The molecule has 2 aromatic rings. The van der Waals surface area contributed by atoms with E-state index >= 15 is 0 Å². The van der Waals surface area contributed by atoms with Gasteiger partial charge in [0.15, 0.2) is 5.11 Å². The van der Waals surface area contributed by atoms with Crippen molar-refractivity contribution >= 4 is 75.7 Å². The summed E-state index contributed by atoms with van der Waals surface area (Å²) in [5.74, 6) is -0.248. The Kier molecular flexibility index (Phi) is 5.56. The fourth-order valence-electron chi connectivity index (χ4n) is 2.30. The zero-order chi connectivity index (χ0) is 18.1. The van der Waals surface area contributed by atoms with Gasteiger partial charge in [-0.2, -0.15) is 0 Å². The van der Waals surface area contributed by atoms with Crippen molar-refractivity contribution in [2.24, 2.45) is 0 Å². The van der Waals surface area contributed by atoms with Crippen molar-refractivity contribution in [1.82, 2.24) is 10.2 Å². The Hall–Kier alpha value is -1.30. The van der Waals surface area contributed by atoms with E-state index in [1.807, 2.05) is 0 Å². The van der Waals surface area contributed by atoms with Crippen molar-refractivity contribution in [1.29, 1.82) is 0 Å². The van der Waals surface area contributed by atoms with Gasteiger partial charge in [-0.1, -0.05) is 58.5 Å². The fourth-order valence-corrected chi connectivity index (χ4v) is 3.34. The maximum Gasteiger partial charge on any atom is 0.276 e. The number of thiocarbonyl (C=S) groups is 1. The molecule has 1 heterocycles. The molecule has 25 heavy (non-hydrogen) atoms. The molecule has 0 bridgehead atoms. The van der Waals surface area contributed by atoms with Gasteiger partial charge in [0.2, 0.25) is 0 Å². The summed E-state index contributed by atoms with van der Waals surface area (Å²) in [5, 5.41) is 5.08. The van der Waals surface area contributed by atoms with Crippen molar-refractivity contribution in [2.75, 3.05) is 0 Å². The third kappa shape index (κ3) is 4.10. The van der Waals surface area contributed by atoms with Gasteiger partial charge < -0.3 is 5.32 Å². The Labute approximate surface area is 170 Å². The molecule has 8 heteroatoms. The van der Waals surface area contributed by atoms with Gasteiger partial charge in [-0.3, -0.25) is 9.69 Å². The molecule has 3 nitrogen and oxygen atoms in total. The van der Waals surface area contributed by atoms with Gasteiger partial charge in [-0.05, 0) is 53.7 Å². The van der Waals surface area contributed by atoms with Gasteiger partial charge in [0.25, 0.3) is 5.91 Å². The van der Waals surface area contributed by atoms with Gasteiger partial charge in [-0.15, -0.1) is 0 Å². The van der Waals surface area contributed by atoms with Gasteiger partial charge in [-0.25, -0.2) is 0 Å². The van der Waals surface area contributed by atoms with E-state index in [-0.39, 0.29) is 12.5 Å². The number of rotatable bonds is 3. The van der Waals surface area contributed by atoms with E-state index in [2.05, 4.69) is 5.32 Å². The number of nitrogens with one attached hydrogen (secondary N) is 1. The van der Waals surface area contributed by atoms with Crippen LogP contribution in [0.3, 0.4) is 0 Å². The smallest absolute Gasteiger partial charge is 0.276 e. The molecule has 0 atom stereocenters. The molecule has 0 spiro atoms. The topological polar surface area (TPSA) is 32.3 Å². The summed E-state index contributed by atoms with van der Waals surface area (Å²) in [6.45, 7) is 0.249. The Morgan fingerprint density at radius 3 is 2.44 bits per heavy atom. The molecule has 1 aliphatic heterocycles. The molecule has 128 valence electrons. The lowest BCUT2D eigenvalue weighted by Crippen LogP contribution is -2.30. The third-order valence-corrected chi connectivity index (χ3v) is 5.21. The summed E-state index contributed by atoms with van der Waals surface area (Å²) in [6, 6.07) is 10.2. The molecule has 1 N–H and O–H groups in total. The second-order valence-corrected chi connectivity index (χ2v) is 7.33. The number of hydrogen-bond donors (Lipinski definition) is 1. The van der Waals surface area contributed by atoms with E-state index in [0.29, 0.717) is 30.9 Å². The standard InChI is InChI=1S/C17H10Cl4N2OS/c18-11-3-2-10(13(20)7-11)8-23-16(24)15(22-17(23)25)6-9-1-4-12(19)14(21)5-9/h1-7H,8H2,(H,22,25). The summed E-state index contributed by atoms with van der Waals surface area (Å²) < 4.78 is 0. The number of amides is 1. The van der Waals surface area contributed by atoms with Crippen LogP contribution in [-0.2, 0) is 11.3 Å². The lowest BCUT2D eigenvalue weighted by molar-refractivity contribution is -0.122. The van der Waals surface area contributed by atoms with E-state index in [1.165, 1.54) is 4.90 Å². The van der Waals surface area contributed by atoms with E-state index in [0.717, 1.165) is 11.1 Å². The normalized spacial score (nSPS) is 15.8. The SMILES string of the molecule is O=C1C(=Cc2ccc(Cl)c(Cl)c2)NC(=S)N1Cc1ccc(Cl)cc1Cl. The first-order chi connectivity index (χ1) is 11.8. The monoisotopic (exact) mass is 430 g/mol. The summed E-state index contributed by atoms with van der Waals surface area (Å²) in [6.07, 6.45) is 1.67. The molecule has 0 aromatic heterocycles. The van der Waals surface area contributed by atoms with Crippen LogP contribution in [0, 0.1) is 0 Å². The van der Waals surface area contributed by atoms with Crippen molar-refractivity contribution in [3.05, 3.63) is 73.3 Å². The summed E-state index contributed by atoms with van der Waals surface area (Å²) >= 11 is 29.2.